The number of nitrogens with two attached hydrogens (primary N) is 1. The van der Waals surface area contributed by atoms with Crippen molar-refractivity contribution in [1.82, 2.24) is 9.80 Å². The van der Waals surface area contributed by atoms with Crippen molar-refractivity contribution in [2.45, 2.75) is 109 Å². The molecule has 3 fully saturated rings. The second-order valence-corrected chi connectivity index (χ2v) is 12.0. The van der Waals surface area contributed by atoms with Crippen LogP contribution in [0.25, 0.3) is 0 Å². The second-order valence-electron chi connectivity index (χ2n) is 12.0. The van der Waals surface area contributed by atoms with Gasteiger partial charge in [-0.2, -0.15) is 0 Å². The maximum atomic E-state index is 13.1. The van der Waals surface area contributed by atoms with Crippen LogP contribution in [0.15, 0.2) is 24.3 Å². The fourth-order valence-electron chi connectivity index (χ4n) is 6.53. The monoisotopic (exact) mass is 483 g/mol. The van der Waals surface area contributed by atoms with E-state index in [0.29, 0.717) is 23.6 Å². The van der Waals surface area contributed by atoms with Gasteiger partial charge in [0.25, 0.3) is 0 Å². The average Bonchev–Trinajstić information content (AvgIpc) is 3.05. The van der Waals surface area contributed by atoms with Crippen molar-refractivity contribution in [3.8, 4) is 0 Å². The fourth-order valence-corrected chi connectivity index (χ4v) is 6.53. The number of hydrogen-bond donors (Lipinski definition) is 1. The number of ether oxygens (including phenoxy) is 1. The van der Waals surface area contributed by atoms with Gasteiger partial charge in [0.15, 0.2) is 0 Å². The molecule has 0 radical (unpaired) electrons. The van der Waals surface area contributed by atoms with E-state index in [1.54, 1.807) is 6.07 Å². The predicted molar refractivity (Wildman–Crippen MR) is 139 cm³/mol. The van der Waals surface area contributed by atoms with Gasteiger partial charge in [-0.3, -0.25) is 9.69 Å². The molecule has 3 aliphatic rings. The highest BCUT2D eigenvalue weighted by atomic mass is 16.6. The van der Waals surface area contributed by atoms with Crippen LogP contribution < -0.4 is 5.73 Å². The number of carbonyl (C=O) groups is 2. The Morgan fingerprint density at radius 3 is 2.34 bits per heavy atom. The number of carbonyl (C=O) groups excluding carboxylic acids is 2. The normalized spacial score (nSPS) is 25.4. The maximum Gasteiger partial charge on any atom is 0.410 e. The summed E-state index contributed by atoms with van der Waals surface area (Å²) in [5, 5.41) is 0. The standard InChI is InChI=1S/C29H45N3O3/c1-29(2,3)35-28(34)31(15-14-21-8-5-4-6-9-21)16-17-32-25-12-13-26(32)20-24(19-25)22-10-7-11-23(18-22)27(30)33/h7,10-11,18,21,24-26H,4-6,8-9,12-17,19-20H2,1-3H3,(H2,30,33)/t24?,25-,26+. The average molecular weight is 484 g/mol. The predicted octanol–water partition coefficient (Wildman–Crippen LogP) is 5.70. The van der Waals surface area contributed by atoms with Gasteiger partial charge in [0.1, 0.15) is 5.60 Å². The highest BCUT2D eigenvalue weighted by Gasteiger charge is 2.41. The molecule has 2 aliphatic heterocycles. The van der Waals surface area contributed by atoms with E-state index in [2.05, 4.69) is 11.0 Å². The van der Waals surface area contributed by atoms with E-state index >= 15 is 0 Å². The Morgan fingerprint density at radius 1 is 1.03 bits per heavy atom. The van der Waals surface area contributed by atoms with Crippen molar-refractivity contribution in [1.29, 1.82) is 0 Å². The highest BCUT2D eigenvalue weighted by Crippen LogP contribution is 2.43. The molecule has 6 heteroatoms. The van der Waals surface area contributed by atoms with E-state index in [0.717, 1.165) is 44.8 Å². The molecule has 3 atom stereocenters. The Kier molecular flexibility index (Phi) is 8.41. The molecule has 2 N–H and O–H groups in total. The minimum atomic E-state index is -0.475. The Bertz CT molecular complexity index is 860. The number of piperidine rings is 1. The molecule has 1 aromatic rings. The van der Waals surface area contributed by atoms with Gasteiger partial charge in [-0.05, 0) is 82.4 Å². The SMILES string of the molecule is CC(C)(C)OC(=O)N(CCC1CCCCC1)CCN1[C@@H]2CC[C@H]1CC(c1cccc(C(N)=O)c1)C2. The molecule has 4 rings (SSSR count). The van der Waals surface area contributed by atoms with Gasteiger partial charge in [-0.15, -0.1) is 0 Å². The van der Waals surface area contributed by atoms with Crippen LogP contribution in [0.4, 0.5) is 4.79 Å². The van der Waals surface area contributed by atoms with Crippen LogP contribution in [0.1, 0.15) is 107 Å². The van der Waals surface area contributed by atoms with E-state index in [-0.39, 0.29) is 12.0 Å². The smallest absolute Gasteiger partial charge is 0.410 e. The Morgan fingerprint density at radius 2 is 1.71 bits per heavy atom. The number of nitrogens with zero attached hydrogens (tertiary/aromatic N) is 2. The summed E-state index contributed by atoms with van der Waals surface area (Å²) in [7, 11) is 0. The molecule has 2 amide bonds. The van der Waals surface area contributed by atoms with E-state index < -0.39 is 5.60 Å². The first kappa shape index (κ1) is 26.0. The fraction of sp³-hybridized carbons (Fsp3) is 0.724. The summed E-state index contributed by atoms with van der Waals surface area (Å²) < 4.78 is 5.79. The maximum absolute atomic E-state index is 13.1. The topological polar surface area (TPSA) is 75.9 Å². The van der Waals surface area contributed by atoms with Crippen molar-refractivity contribution in [3.05, 3.63) is 35.4 Å². The minimum Gasteiger partial charge on any atom is -0.444 e. The molecule has 0 aromatic heterocycles. The van der Waals surface area contributed by atoms with Gasteiger partial charge in [0, 0.05) is 37.3 Å². The van der Waals surface area contributed by atoms with Crippen LogP contribution in [0.3, 0.4) is 0 Å². The Labute approximate surface area is 211 Å². The lowest BCUT2D eigenvalue weighted by atomic mass is 9.84. The molecule has 1 aliphatic carbocycles. The molecule has 2 heterocycles. The van der Waals surface area contributed by atoms with Crippen LogP contribution in [0, 0.1) is 5.92 Å². The lowest BCUT2D eigenvalue weighted by Crippen LogP contribution is -2.48. The highest BCUT2D eigenvalue weighted by molar-refractivity contribution is 5.92. The molecule has 35 heavy (non-hydrogen) atoms. The van der Waals surface area contributed by atoms with Gasteiger partial charge in [-0.1, -0.05) is 44.2 Å². The lowest BCUT2D eigenvalue weighted by Gasteiger charge is -2.40. The summed E-state index contributed by atoms with van der Waals surface area (Å²) >= 11 is 0. The third kappa shape index (κ3) is 6.99. The molecular weight excluding hydrogens is 438 g/mol. The molecule has 1 aromatic carbocycles. The molecule has 0 spiro atoms. The first-order valence-corrected chi connectivity index (χ1v) is 13.8. The molecule has 2 bridgehead atoms. The summed E-state index contributed by atoms with van der Waals surface area (Å²) in [6.45, 7) is 8.28. The van der Waals surface area contributed by atoms with Crippen LogP contribution in [-0.4, -0.2) is 59.1 Å². The third-order valence-corrected chi connectivity index (χ3v) is 8.34. The molecular formula is C29H45N3O3. The Balaban J connectivity index is 1.36. The summed E-state index contributed by atoms with van der Waals surface area (Å²) in [5.74, 6) is 0.857. The van der Waals surface area contributed by atoms with Crippen LogP contribution in [-0.2, 0) is 4.74 Å². The van der Waals surface area contributed by atoms with Gasteiger partial charge in [0.05, 0.1) is 0 Å². The second kappa shape index (κ2) is 11.3. The number of primary amides is 1. The zero-order valence-corrected chi connectivity index (χ0v) is 22.0. The van der Waals surface area contributed by atoms with E-state index in [1.165, 1.54) is 50.5 Å². The first-order chi connectivity index (χ1) is 16.7. The van der Waals surface area contributed by atoms with Crippen molar-refractivity contribution in [3.63, 3.8) is 0 Å². The van der Waals surface area contributed by atoms with Crippen molar-refractivity contribution in [2.75, 3.05) is 19.6 Å². The van der Waals surface area contributed by atoms with Crippen LogP contribution in [0.2, 0.25) is 0 Å². The van der Waals surface area contributed by atoms with Crippen LogP contribution in [0.5, 0.6) is 0 Å². The molecule has 2 saturated heterocycles. The van der Waals surface area contributed by atoms with E-state index in [1.807, 2.05) is 37.8 Å². The van der Waals surface area contributed by atoms with Crippen molar-refractivity contribution >= 4 is 12.0 Å². The molecule has 1 saturated carbocycles. The van der Waals surface area contributed by atoms with E-state index in [4.69, 9.17) is 10.5 Å². The number of hydrogen-bond acceptors (Lipinski definition) is 4. The molecule has 194 valence electrons. The zero-order chi connectivity index (χ0) is 25.0. The van der Waals surface area contributed by atoms with Gasteiger partial charge in [-0.25, -0.2) is 4.79 Å². The third-order valence-electron chi connectivity index (χ3n) is 8.34. The van der Waals surface area contributed by atoms with E-state index in [9.17, 15) is 9.59 Å². The van der Waals surface area contributed by atoms with Crippen molar-refractivity contribution < 1.29 is 14.3 Å². The summed E-state index contributed by atoms with van der Waals surface area (Å²) in [4.78, 5) is 29.3. The number of fused-ring (bicyclic) bond motifs is 2. The number of benzene rings is 1. The number of rotatable bonds is 8. The lowest BCUT2D eigenvalue weighted by molar-refractivity contribution is 0.0189. The van der Waals surface area contributed by atoms with Crippen molar-refractivity contribution in [2.24, 2.45) is 11.7 Å². The quantitative estimate of drug-likeness (QED) is 0.514. The van der Waals surface area contributed by atoms with Crippen LogP contribution >= 0.6 is 0 Å². The Hall–Kier alpha value is -2.08. The van der Waals surface area contributed by atoms with Gasteiger partial charge < -0.3 is 15.4 Å². The van der Waals surface area contributed by atoms with Gasteiger partial charge in [0.2, 0.25) is 5.91 Å². The summed E-state index contributed by atoms with van der Waals surface area (Å²) in [5.41, 5.74) is 6.88. The number of amides is 2. The summed E-state index contributed by atoms with van der Waals surface area (Å²) in [6, 6.07) is 8.95. The zero-order valence-electron chi connectivity index (χ0n) is 22.0. The molecule has 1 unspecified atom stereocenters. The van der Waals surface area contributed by atoms with Gasteiger partial charge >= 0.3 is 6.09 Å². The minimum absolute atomic E-state index is 0.168. The summed E-state index contributed by atoms with van der Waals surface area (Å²) in [6.07, 6.45) is 12.2. The molecule has 6 nitrogen and oxygen atoms in total. The first-order valence-electron chi connectivity index (χ1n) is 13.8. The largest absolute Gasteiger partial charge is 0.444 e.